The van der Waals surface area contributed by atoms with Crippen molar-refractivity contribution < 1.29 is 18.0 Å². The molecule has 3 fully saturated rings. The minimum absolute atomic E-state index is 0.143. The normalized spacial score (nSPS) is 33.1. The van der Waals surface area contributed by atoms with Gasteiger partial charge in [-0.1, -0.05) is 0 Å². The van der Waals surface area contributed by atoms with Crippen molar-refractivity contribution in [2.24, 2.45) is 23.7 Å². The average Bonchev–Trinajstić information content (AvgIpc) is 2.65. The van der Waals surface area contributed by atoms with Crippen molar-refractivity contribution in [3.05, 3.63) is 35.1 Å². The number of carbonyl (C=O) groups excluding carboxylic acids is 1. The summed E-state index contributed by atoms with van der Waals surface area (Å²) in [6.07, 6.45) is 10.3. The molecule has 1 nitrogen and oxygen atoms in total. The highest BCUT2D eigenvalue weighted by Crippen LogP contribution is 2.50. The summed E-state index contributed by atoms with van der Waals surface area (Å²) in [6, 6.07) is 2.38. The zero-order chi connectivity index (χ0) is 18.3. The van der Waals surface area contributed by atoms with E-state index in [9.17, 15) is 18.0 Å². The maximum absolute atomic E-state index is 13.6. The van der Waals surface area contributed by atoms with Crippen LogP contribution in [0, 0.1) is 41.1 Å². The Labute approximate surface area is 153 Å². The van der Waals surface area contributed by atoms with Gasteiger partial charge in [0.05, 0.1) is 0 Å². The summed E-state index contributed by atoms with van der Waals surface area (Å²) in [7, 11) is 0. The van der Waals surface area contributed by atoms with Gasteiger partial charge in [-0.2, -0.15) is 0 Å². The van der Waals surface area contributed by atoms with Crippen molar-refractivity contribution in [3.63, 3.8) is 0 Å². The molecule has 4 heteroatoms. The van der Waals surface area contributed by atoms with Crippen LogP contribution in [0.2, 0.25) is 0 Å². The first-order chi connectivity index (χ1) is 12.5. The molecule has 1 aromatic rings. The van der Waals surface area contributed by atoms with E-state index in [1.54, 1.807) is 0 Å². The average molecular weight is 364 g/mol. The molecule has 3 aliphatic rings. The van der Waals surface area contributed by atoms with E-state index >= 15 is 0 Å². The monoisotopic (exact) mass is 364 g/mol. The minimum Gasteiger partial charge on any atom is -0.300 e. The van der Waals surface area contributed by atoms with Gasteiger partial charge >= 0.3 is 0 Å². The molecule has 0 bridgehead atoms. The summed E-state index contributed by atoms with van der Waals surface area (Å²) < 4.78 is 40.4. The molecule has 4 atom stereocenters. The Kier molecular flexibility index (Phi) is 5.11. The van der Waals surface area contributed by atoms with Crippen LogP contribution in [0.25, 0.3) is 0 Å². The van der Waals surface area contributed by atoms with Crippen LogP contribution >= 0.6 is 0 Å². The topological polar surface area (TPSA) is 17.1 Å². The number of fused-ring (bicyclic) bond motifs is 1. The van der Waals surface area contributed by atoms with Crippen molar-refractivity contribution in [1.29, 1.82) is 0 Å². The zero-order valence-electron chi connectivity index (χ0n) is 15.2. The zero-order valence-corrected chi connectivity index (χ0v) is 15.2. The largest absolute Gasteiger partial charge is 0.300 e. The third kappa shape index (κ3) is 3.57. The number of Topliss-reactive ketones (excluding diaryl/α,β-unsaturated/α-hetero) is 1. The van der Waals surface area contributed by atoms with Gasteiger partial charge in [0, 0.05) is 12.8 Å². The smallest absolute Gasteiger partial charge is 0.194 e. The number of carbonyl (C=O) groups is 1. The molecular formula is C22H27F3O. The number of benzene rings is 1. The summed E-state index contributed by atoms with van der Waals surface area (Å²) in [5.74, 6) is -0.152. The molecule has 0 aliphatic heterocycles. The Hall–Kier alpha value is -1.32. The predicted molar refractivity (Wildman–Crippen MR) is 94.2 cm³/mol. The van der Waals surface area contributed by atoms with Gasteiger partial charge in [0.15, 0.2) is 17.5 Å². The van der Waals surface area contributed by atoms with E-state index in [2.05, 4.69) is 0 Å². The molecule has 3 saturated carbocycles. The molecule has 0 N–H and O–H groups in total. The molecule has 2 unspecified atom stereocenters. The lowest BCUT2D eigenvalue weighted by Gasteiger charge is -2.45. The summed E-state index contributed by atoms with van der Waals surface area (Å²) in [4.78, 5) is 11.5. The molecule has 3 aliphatic carbocycles. The van der Waals surface area contributed by atoms with Crippen LogP contribution in [0.3, 0.4) is 0 Å². The molecule has 142 valence electrons. The summed E-state index contributed by atoms with van der Waals surface area (Å²) >= 11 is 0. The Morgan fingerprint density at radius 1 is 0.692 bits per heavy atom. The standard InChI is InChI=1S/C22H27F3O/c23-20-11-18(12-21(24)22(20)25)17-4-3-15-9-14(1-2-16(15)10-17)13-5-7-19(26)8-6-13/h11-17H,1-10H2/t14?,15-,16+,17?/m1/s1. The lowest BCUT2D eigenvalue weighted by atomic mass is 9.61. The number of halogens is 3. The SMILES string of the molecule is O=C1CCC(C2CC[C@H]3CC(c4cc(F)c(F)c(F)c4)CC[C@@H]3C2)CC1. The third-order valence-corrected chi connectivity index (χ3v) is 7.39. The number of rotatable bonds is 2. The molecular weight excluding hydrogens is 337 g/mol. The highest BCUT2D eigenvalue weighted by atomic mass is 19.2. The van der Waals surface area contributed by atoms with Crippen LogP contribution in [0.15, 0.2) is 12.1 Å². The van der Waals surface area contributed by atoms with E-state index in [-0.39, 0.29) is 5.92 Å². The summed E-state index contributed by atoms with van der Waals surface area (Å²) in [5.41, 5.74) is 0.618. The summed E-state index contributed by atoms with van der Waals surface area (Å²) in [5, 5.41) is 0. The minimum atomic E-state index is -1.37. The fraction of sp³-hybridized carbons (Fsp3) is 0.682. The van der Waals surface area contributed by atoms with Crippen LogP contribution in [0.5, 0.6) is 0 Å². The molecule has 1 aromatic carbocycles. The van der Waals surface area contributed by atoms with E-state index in [1.807, 2.05) is 0 Å². The van der Waals surface area contributed by atoms with Crippen molar-refractivity contribution >= 4 is 5.78 Å². The number of hydrogen-bond donors (Lipinski definition) is 0. The summed E-state index contributed by atoms with van der Waals surface area (Å²) in [6.45, 7) is 0. The van der Waals surface area contributed by atoms with Crippen molar-refractivity contribution in [1.82, 2.24) is 0 Å². The van der Waals surface area contributed by atoms with Gasteiger partial charge < -0.3 is 0 Å². The molecule has 26 heavy (non-hydrogen) atoms. The first-order valence-electron chi connectivity index (χ1n) is 10.2. The predicted octanol–water partition coefficient (Wildman–Crippen LogP) is 6.16. The van der Waals surface area contributed by atoms with E-state index in [0.717, 1.165) is 50.9 Å². The lowest BCUT2D eigenvalue weighted by Crippen LogP contribution is -2.34. The first-order valence-corrected chi connectivity index (χ1v) is 10.2. The van der Waals surface area contributed by atoms with Crippen LogP contribution in [-0.4, -0.2) is 5.78 Å². The Morgan fingerprint density at radius 2 is 1.23 bits per heavy atom. The van der Waals surface area contributed by atoms with Gasteiger partial charge in [0.2, 0.25) is 0 Å². The van der Waals surface area contributed by atoms with Crippen molar-refractivity contribution in [3.8, 4) is 0 Å². The quantitative estimate of drug-likeness (QED) is 0.574. The molecule has 0 radical (unpaired) electrons. The van der Waals surface area contributed by atoms with Crippen molar-refractivity contribution in [2.75, 3.05) is 0 Å². The highest BCUT2D eigenvalue weighted by Gasteiger charge is 2.39. The molecule has 0 aromatic heterocycles. The molecule has 0 saturated heterocycles. The molecule has 0 amide bonds. The fourth-order valence-corrected chi connectivity index (χ4v) is 5.90. The lowest BCUT2D eigenvalue weighted by molar-refractivity contribution is -0.121. The fourth-order valence-electron chi connectivity index (χ4n) is 5.90. The highest BCUT2D eigenvalue weighted by molar-refractivity contribution is 5.79. The second kappa shape index (κ2) is 7.36. The van der Waals surface area contributed by atoms with Gasteiger partial charge in [-0.3, -0.25) is 4.79 Å². The van der Waals surface area contributed by atoms with Crippen LogP contribution < -0.4 is 0 Å². The van der Waals surface area contributed by atoms with Crippen LogP contribution in [-0.2, 0) is 4.79 Å². The maximum Gasteiger partial charge on any atom is 0.194 e. The number of ketones is 1. The van der Waals surface area contributed by atoms with E-state index < -0.39 is 17.5 Å². The van der Waals surface area contributed by atoms with Crippen molar-refractivity contribution in [2.45, 2.75) is 70.1 Å². The number of hydrogen-bond acceptors (Lipinski definition) is 1. The van der Waals surface area contributed by atoms with E-state index in [0.29, 0.717) is 29.1 Å². The van der Waals surface area contributed by atoms with Gasteiger partial charge in [0.1, 0.15) is 5.78 Å². The van der Waals surface area contributed by atoms with Gasteiger partial charge in [-0.25, -0.2) is 13.2 Å². The van der Waals surface area contributed by atoms with Gasteiger partial charge in [-0.05, 0) is 98.7 Å². The van der Waals surface area contributed by atoms with E-state index in [4.69, 9.17) is 0 Å². The van der Waals surface area contributed by atoms with Crippen LogP contribution in [0.4, 0.5) is 13.2 Å². The molecule has 4 rings (SSSR count). The maximum atomic E-state index is 13.6. The van der Waals surface area contributed by atoms with E-state index in [1.165, 1.54) is 31.4 Å². The Bertz CT molecular complexity index is 653. The van der Waals surface area contributed by atoms with Gasteiger partial charge in [-0.15, -0.1) is 0 Å². The van der Waals surface area contributed by atoms with Crippen LogP contribution in [0.1, 0.15) is 75.7 Å². The third-order valence-electron chi connectivity index (χ3n) is 7.39. The Morgan fingerprint density at radius 3 is 1.88 bits per heavy atom. The van der Waals surface area contributed by atoms with Gasteiger partial charge in [0.25, 0.3) is 0 Å². The second-order valence-electron chi connectivity index (χ2n) is 8.78. The molecule has 0 heterocycles. The molecule has 0 spiro atoms. The second-order valence-corrected chi connectivity index (χ2v) is 8.78. The first kappa shape index (κ1) is 18.1. The Balaban J connectivity index is 1.38.